The van der Waals surface area contributed by atoms with E-state index >= 15 is 0 Å². The molecule has 0 aliphatic rings. The molecule has 6 nitrogen and oxygen atoms in total. The smallest absolute Gasteiger partial charge is 0.168 e. The van der Waals surface area contributed by atoms with E-state index in [1.807, 2.05) is 31.2 Å². The quantitative estimate of drug-likeness (QED) is 0.478. The number of nitrogens with two attached hydrogens (primary N) is 1. The first-order valence-electron chi connectivity index (χ1n) is 10.5. The average molecular weight is 426 g/mol. The minimum absolute atomic E-state index is 0.255. The monoisotopic (exact) mass is 425 g/mol. The molecule has 160 valence electrons. The van der Waals surface area contributed by atoms with Gasteiger partial charge in [-0.3, -0.25) is 0 Å². The molecule has 0 aliphatic carbocycles. The highest BCUT2D eigenvalue weighted by atomic mass is 32.1. The maximum atomic E-state index is 5.63. The number of thiocarbonyl (C=S) groups is 1. The molecule has 1 aromatic heterocycles. The van der Waals surface area contributed by atoms with Crippen LogP contribution in [0.1, 0.15) is 32.2 Å². The molecule has 2 aromatic carbocycles. The molecule has 3 N–H and O–H groups in total. The van der Waals surface area contributed by atoms with E-state index in [0.717, 1.165) is 60.9 Å². The number of fused-ring (bicyclic) bond motifs is 1. The van der Waals surface area contributed by atoms with E-state index in [-0.39, 0.29) is 5.11 Å². The van der Waals surface area contributed by atoms with E-state index in [0.29, 0.717) is 6.61 Å². The maximum absolute atomic E-state index is 5.63. The minimum Gasteiger partial charge on any atom is -0.494 e. The molecule has 3 rings (SSSR count). The zero-order valence-corrected chi connectivity index (χ0v) is 18.8. The van der Waals surface area contributed by atoms with Crippen LogP contribution in [0, 0.1) is 0 Å². The fourth-order valence-electron chi connectivity index (χ4n) is 3.62. The van der Waals surface area contributed by atoms with Crippen LogP contribution in [0.2, 0.25) is 0 Å². The Balaban J connectivity index is 1.92. The molecule has 3 aromatic rings. The number of imidazole rings is 1. The van der Waals surface area contributed by atoms with Gasteiger partial charge in [0.25, 0.3) is 0 Å². The van der Waals surface area contributed by atoms with Crippen LogP contribution in [-0.2, 0) is 13.0 Å². The van der Waals surface area contributed by atoms with Gasteiger partial charge < -0.3 is 25.3 Å². The maximum Gasteiger partial charge on any atom is 0.168 e. The summed E-state index contributed by atoms with van der Waals surface area (Å²) >= 11 is 4.97. The van der Waals surface area contributed by atoms with Crippen molar-refractivity contribution in [1.29, 1.82) is 0 Å². The van der Waals surface area contributed by atoms with Gasteiger partial charge in [-0.05, 0) is 68.1 Å². The van der Waals surface area contributed by atoms with Crippen molar-refractivity contribution in [2.75, 3.05) is 31.6 Å². The number of nitrogens with one attached hydrogen (secondary N) is 1. The molecule has 1 heterocycles. The Morgan fingerprint density at radius 1 is 1.13 bits per heavy atom. The van der Waals surface area contributed by atoms with E-state index in [9.17, 15) is 0 Å². The second-order valence-corrected chi connectivity index (χ2v) is 7.59. The molecule has 0 fully saturated rings. The van der Waals surface area contributed by atoms with Crippen LogP contribution in [0.4, 0.5) is 5.69 Å². The van der Waals surface area contributed by atoms with Crippen LogP contribution in [0.25, 0.3) is 11.0 Å². The van der Waals surface area contributed by atoms with Crippen LogP contribution in [0.5, 0.6) is 5.75 Å². The Labute approximate surface area is 184 Å². The lowest BCUT2D eigenvalue weighted by molar-refractivity contribution is 0.291. The summed E-state index contributed by atoms with van der Waals surface area (Å²) in [6, 6.07) is 14.4. The second-order valence-electron chi connectivity index (χ2n) is 7.15. The number of benzene rings is 2. The summed E-state index contributed by atoms with van der Waals surface area (Å²) in [6.07, 6.45) is 0.761. The van der Waals surface area contributed by atoms with E-state index in [1.165, 1.54) is 5.56 Å². The fourth-order valence-corrected chi connectivity index (χ4v) is 3.74. The van der Waals surface area contributed by atoms with Gasteiger partial charge in [0, 0.05) is 25.2 Å². The highest BCUT2D eigenvalue weighted by Crippen LogP contribution is 2.23. The minimum atomic E-state index is 0.255. The van der Waals surface area contributed by atoms with E-state index < -0.39 is 0 Å². The van der Waals surface area contributed by atoms with Crippen molar-refractivity contribution < 1.29 is 4.74 Å². The Morgan fingerprint density at radius 3 is 2.50 bits per heavy atom. The molecule has 0 spiro atoms. The summed E-state index contributed by atoms with van der Waals surface area (Å²) in [5.74, 6) is 1.94. The van der Waals surface area contributed by atoms with Crippen LogP contribution < -0.4 is 15.8 Å². The molecule has 7 heteroatoms. The SMILES string of the molecule is CCOc1ccc(Cc2nc3cc(NC(N)=S)ccc3n2CCN(CC)CC)cc1. The molecule has 0 radical (unpaired) electrons. The number of nitrogens with zero attached hydrogens (tertiary/aromatic N) is 3. The van der Waals surface area contributed by atoms with Gasteiger partial charge in [-0.2, -0.15) is 0 Å². The molecule has 30 heavy (non-hydrogen) atoms. The van der Waals surface area contributed by atoms with Crippen molar-refractivity contribution in [2.24, 2.45) is 5.73 Å². The third-order valence-electron chi connectivity index (χ3n) is 5.23. The lowest BCUT2D eigenvalue weighted by atomic mass is 10.1. The summed E-state index contributed by atoms with van der Waals surface area (Å²) in [4.78, 5) is 7.38. The van der Waals surface area contributed by atoms with Gasteiger partial charge in [-0.1, -0.05) is 26.0 Å². The zero-order valence-electron chi connectivity index (χ0n) is 18.0. The molecule has 0 aliphatic heterocycles. The Hall–Kier alpha value is -2.64. The Bertz CT molecular complexity index is 979. The zero-order chi connectivity index (χ0) is 21.5. The number of ether oxygens (including phenoxy) is 1. The average Bonchev–Trinajstić information content (AvgIpc) is 3.06. The van der Waals surface area contributed by atoms with Gasteiger partial charge in [-0.15, -0.1) is 0 Å². The molecule has 0 atom stereocenters. The summed E-state index contributed by atoms with van der Waals surface area (Å²) in [7, 11) is 0. The highest BCUT2D eigenvalue weighted by Gasteiger charge is 2.13. The van der Waals surface area contributed by atoms with E-state index in [1.54, 1.807) is 0 Å². The highest BCUT2D eigenvalue weighted by molar-refractivity contribution is 7.80. The third-order valence-corrected chi connectivity index (χ3v) is 5.33. The van der Waals surface area contributed by atoms with Gasteiger partial charge in [-0.25, -0.2) is 4.98 Å². The van der Waals surface area contributed by atoms with Gasteiger partial charge in [0.15, 0.2) is 5.11 Å². The first kappa shape index (κ1) is 22.1. The Kier molecular flexibility index (Phi) is 7.65. The van der Waals surface area contributed by atoms with Gasteiger partial charge in [0.1, 0.15) is 11.6 Å². The first-order chi connectivity index (χ1) is 14.5. The molecule has 0 saturated heterocycles. The van der Waals surface area contributed by atoms with Gasteiger partial charge >= 0.3 is 0 Å². The van der Waals surface area contributed by atoms with Crippen LogP contribution in [0.15, 0.2) is 42.5 Å². The lowest BCUT2D eigenvalue weighted by Crippen LogP contribution is -2.27. The van der Waals surface area contributed by atoms with Crippen molar-refractivity contribution in [3.63, 3.8) is 0 Å². The summed E-state index contributed by atoms with van der Waals surface area (Å²) in [5.41, 5.74) is 9.76. The second kappa shape index (κ2) is 10.4. The first-order valence-corrected chi connectivity index (χ1v) is 10.9. The number of hydrogen-bond donors (Lipinski definition) is 2. The number of hydrogen-bond acceptors (Lipinski definition) is 4. The standard InChI is InChI=1S/C23H31N5OS/c1-4-27(5-2)13-14-28-21-12-9-18(25-23(24)30)16-20(21)26-22(28)15-17-7-10-19(11-8-17)29-6-3/h7-12,16H,4-6,13-15H2,1-3H3,(H3,24,25,30). The number of aromatic nitrogens is 2. The van der Waals surface area contributed by atoms with E-state index in [2.05, 4.69) is 46.8 Å². The third kappa shape index (κ3) is 5.49. The molecule has 0 saturated carbocycles. The van der Waals surface area contributed by atoms with Crippen molar-refractivity contribution in [3.8, 4) is 5.75 Å². The summed E-state index contributed by atoms with van der Waals surface area (Å²) in [6.45, 7) is 11.0. The summed E-state index contributed by atoms with van der Waals surface area (Å²) < 4.78 is 7.89. The fraction of sp³-hybridized carbons (Fsp3) is 0.391. The predicted molar refractivity (Wildman–Crippen MR) is 128 cm³/mol. The Morgan fingerprint density at radius 2 is 1.87 bits per heavy atom. The molecular formula is C23H31N5OS. The van der Waals surface area contributed by atoms with Crippen molar-refractivity contribution in [1.82, 2.24) is 14.5 Å². The van der Waals surface area contributed by atoms with Crippen LogP contribution in [0.3, 0.4) is 0 Å². The van der Waals surface area contributed by atoms with Crippen molar-refractivity contribution in [2.45, 2.75) is 33.7 Å². The molecular weight excluding hydrogens is 394 g/mol. The summed E-state index contributed by atoms with van der Waals surface area (Å²) in [5, 5.41) is 3.25. The van der Waals surface area contributed by atoms with Gasteiger partial charge in [0.2, 0.25) is 0 Å². The number of anilines is 1. The van der Waals surface area contributed by atoms with Crippen molar-refractivity contribution in [3.05, 3.63) is 53.9 Å². The molecule has 0 amide bonds. The van der Waals surface area contributed by atoms with Gasteiger partial charge in [0.05, 0.1) is 17.6 Å². The number of likely N-dealkylation sites (N-methyl/N-ethyl adjacent to an activating group) is 1. The molecule has 0 unspecified atom stereocenters. The van der Waals surface area contributed by atoms with E-state index in [4.69, 9.17) is 27.7 Å². The normalized spacial score (nSPS) is 11.2. The predicted octanol–water partition coefficient (Wildman–Crippen LogP) is 4.02. The molecule has 0 bridgehead atoms. The van der Waals surface area contributed by atoms with Crippen LogP contribution in [-0.4, -0.2) is 45.8 Å². The lowest BCUT2D eigenvalue weighted by Gasteiger charge is -2.19. The number of rotatable bonds is 10. The largest absolute Gasteiger partial charge is 0.494 e. The van der Waals surface area contributed by atoms with Crippen LogP contribution >= 0.6 is 12.2 Å². The topological polar surface area (TPSA) is 68.3 Å². The van der Waals surface area contributed by atoms with Crippen molar-refractivity contribution >= 4 is 34.1 Å².